The summed E-state index contributed by atoms with van der Waals surface area (Å²) in [6.45, 7) is 0. The maximum absolute atomic E-state index is 12.6. The average Bonchev–Trinajstić information content (AvgIpc) is 2.85. The van der Waals surface area contributed by atoms with Crippen molar-refractivity contribution in [1.82, 2.24) is 0 Å². The third-order valence-electron chi connectivity index (χ3n) is 3.65. The van der Waals surface area contributed by atoms with E-state index in [0.29, 0.717) is 16.7 Å². The SMILES string of the molecule is FC(F)Sc1ccccc1NC1CCc2c(Br)cccc21. The molecule has 5 heteroatoms. The van der Waals surface area contributed by atoms with Gasteiger partial charge in [-0.25, -0.2) is 0 Å². The van der Waals surface area contributed by atoms with Crippen molar-refractivity contribution in [1.29, 1.82) is 0 Å². The molecule has 0 saturated carbocycles. The summed E-state index contributed by atoms with van der Waals surface area (Å²) in [4.78, 5) is 0.593. The fourth-order valence-electron chi connectivity index (χ4n) is 2.73. The number of hydrogen-bond acceptors (Lipinski definition) is 2. The second-order valence-corrected chi connectivity index (χ2v) is 6.80. The summed E-state index contributed by atoms with van der Waals surface area (Å²) in [6.07, 6.45) is 1.98. The zero-order valence-corrected chi connectivity index (χ0v) is 13.6. The maximum atomic E-state index is 12.6. The lowest BCUT2D eigenvalue weighted by Gasteiger charge is -2.18. The molecule has 110 valence electrons. The summed E-state index contributed by atoms with van der Waals surface area (Å²) in [6, 6.07) is 13.6. The van der Waals surface area contributed by atoms with E-state index in [9.17, 15) is 8.78 Å². The molecule has 0 amide bonds. The summed E-state index contributed by atoms with van der Waals surface area (Å²) in [5.41, 5.74) is 3.34. The monoisotopic (exact) mass is 369 g/mol. The van der Waals surface area contributed by atoms with Crippen molar-refractivity contribution < 1.29 is 8.78 Å². The van der Waals surface area contributed by atoms with Crippen molar-refractivity contribution in [2.24, 2.45) is 0 Å². The highest BCUT2D eigenvalue weighted by Gasteiger charge is 2.24. The maximum Gasteiger partial charge on any atom is 0.288 e. The molecule has 0 heterocycles. The lowest BCUT2D eigenvalue weighted by atomic mass is 10.1. The average molecular weight is 370 g/mol. The molecule has 0 saturated heterocycles. The first-order valence-corrected chi connectivity index (χ1v) is 8.40. The summed E-state index contributed by atoms with van der Waals surface area (Å²) in [5, 5.41) is 3.42. The Hall–Kier alpha value is -1.07. The molecule has 1 unspecified atom stereocenters. The number of fused-ring (bicyclic) bond motifs is 1. The molecular weight excluding hydrogens is 356 g/mol. The van der Waals surface area contributed by atoms with Gasteiger partial charge in [0.2, 0.25) is 0 Å². The van der Waals surface area contributed by atoms with Gasteiger partial charge in [0, 0.05) is 15.1 Å². The summed E-state index contributed by atoms with van der Waals surface area (Å²) in [7, 11) is 0. The number of halogens is 3. The molecule has 1 aliphatic carbocycles. The standard InChI is InChI=1S/C16H14BrF2NS/c17-12-5-3-4-11-10(12)8-9-13(11)20-14-6-1-2-7-15(14)21-16(18)19/h1-7,13,16,20H,8-9H2. The Morgan fingerprint density at radius 3 is 2.76 bits per heavy atom. The van der Waals surface area contributed by atoms with Crippen LogP contribution in [0.5, 0.6) is 0 Å². The van der Waals surface area contributed by atoms with Gasteiger partial charge in [0.15, 0.2) is 0 Å². The molecule has 2 aromatic rings. The van der Waals surface area contributed by atoms with Crippen molar-refractivity contribution in [3.05, 3.63) is 58.1 Å². The Kier molecular flexibility index (Phi) is 4.50. The number of anilines is 1. The Labute approximate surface area is 135 Å². The molecule has 3 rings (SSSR count). The van der Waals surface area contributed by atoms with E-state index >= 15 is 0 Å². The van der Waals surface area contributed by atoms with E-state index in [1.165, 1.54) is 11.1 Å². The van der Waals surface area contributed by atoms with Crippen LogP contribution in [0.3, 0.4) is 0 Å². The smallest absolute Gasteiger partial charge is 0.288 e. The third kappa shape index (κ3) is 3.24. The number of benzene rings is 2. The van der Waals surface area contributed by atoms with Gasteiger partial charge in [-0.3, -0.25) is 0 Å². The van der Waals surface area contributed by atoms with Crippen LogP contribution in [0.1, 0.15) is 23.6 Å². The van der Waals surface area contributed by atoms with E-state index < -0.39 is 5.76 Å². The number of hydrogen-bond donors (Lipinski definition) is 1. The first-order chi connectivity index (χ1) is 10.1. The van der Waals surface area contributed by atoms with Crippen molar-refractivity contribution in [3.63, 3.8) is 0 Å². The Bertz CT molecular complexity index is 648. The molecule has 1 aliphatic rings. The molecule has 0 fully saturated rings. The van der Waals surface area contributed by atoms with Gasteiger partial charge >= 0.3 is 0 Å². The van der Waals surface area contributed by atoms with Crippen LogP contribution < -0.4 is 5.32 Å². The van der Waals surface area contributed by atoms with Crippen molar-refractivity contribution >= 4 is 33.4 Å². The quantitative estimate of drug-likeness (QED) is 0.677. The molecule has 21 heavy (non-hydrogen) atoms. The van der Waals surface area contributed by atoms with Gasteiger partial charge in [-0.2, -0.15) is 8.78 Å². The van der Waals surface area contributed by atoms with Gasteiger partial charge in [-0.1, -0.05) is 52.0 Å². The zero-order valence-electron chi connectivity index (χ0n) is 11.2. The summed E-state index contributed by atoms with van der Waals surface area (Å²) >= 11 is 4.16. The van der Waals surface area contributed by atoms with Gasteiger partial charge in [0.05, 0.1) is 6.04 Å². The highest BCUT2D eigenvalue weighted by atomic mass is 79.9. The predicted octanol–water partition coefficient (Wildman–Crippen LogP) is 5.86. The molecule has 0 aromatic heterocycles. The Balaban J connectivity index is 1.85. The highest BCUT2D eigenvalue weighted by Crippen LogP contribution is 2.40. The van der Waals surface area contributed by atoms with Crippen molar-refractivity contribution in [2.45, 2.75) is 29.5 Å². The number of rotatable bonds is 4. The Morgan fingerprint density at radius 1 is 1.14 bits per heavy atom. The fraction of sp³-hybridized carbons (Fsp3) is 0.250. The van der Waals surface area contributed by atoms with E-state index in [2.05, 4.69) is 27.3 Å². The van der Waals surface area contributed by atoms with Crippen LogP contribution in [0.2, 0.25) is 0 Å². The van der Waals surface area contributed by atoms with Crippen LogP contribution in [-0.2, 0) is 6.42 Å². The molecule has 2 aromatic carbocycles. The molecule has 0 radical (unpaired) electrons. The molecule has 0 bridgehead atoms. The normalized spacial score (nSPS) is 17.0. The second-order valence-electron chi connectivity index (χ2n) is 4.92. The first-order valence-electron chi connectivity index (χ1n) is 6.73. The lowest BCUT2D eigenvalue weighted by molar-refractivity contribution is 0.252. The molecule has 1 N–H and O–H groups in total. The van der Waals surface area contributed by atoms with Crippen LogP contribution in [-0.4, -0.2) is 5.76 Å². The number of nitrogens with one attached hydrogen (secondary N) is 1. The van der Waals surface area contributed by atoms with E-state index in [0.717, 1.165) is 23.0 Å². The minimum absolute atomic E-state index is 0.178. The summed E-state index contributed by atoms with van der Waals surface area (Å²) in [5.74, 6) is -2.40. The van der Waals surface area contributed by atoms with Crippen molar-refractivity contribution in [2.75, 3.05) is 5.32 Å². The van der Waals surface area contributed by atoms with E-state index in [-0.39, 0.29) is 6.04 Å². The number of alkyl halides is 2. The number of para-hydroxylation sites is 1. The van der Waals surface area contributed by atoms with Crippen LogP contribution in [0.25, 0.3) is 0 Å². The fourth-order valence-corrected chi connectivity index (χ4v) is 3.91. The van der Waals surface area contributed by atoms with E-state index in [1.54, 1.807) is 12.1 Å². The van der Waals surface area contributed by atoms with Crippen molar-refractivity contribution in [3.8, 4) is 0 Å². The van der Waals surface area contributed by atoms with Gasteiger partial charge in [-0.05, 0) is 42.2 Å². The number of thioether (sulfide) groups is 1. The van der Waals surface area contributed by atoms with Gasteiger partial charge in [-0.15, -0.1) is 0 Å². The topological polar surface area (TPSA) is 12.0 Å². The van der Waals surface area contributed by atoms with Crippen LogP contribution >= 0.6 is 27.7 Å². The predicted molar refractivity (Wildman–Crippen MR) is 87.1 cm³/mol. The second kappa shape index (κ2) is 6.36. The van der Waals surface area contributed by atoms with Crippen LogP contribution in [0, 0.1) is 0 Å². The van der Waals surface area contributed by atoms with Crippen LogP contribution in [0.4, 0.5) is 14.5 Å². The van der Waals surface area contributed by atoms with Gasteiger partial charge in [0.25, 0.3) is 5.76 Å². The third-order valence-corrected chi connectivity index (χ3v) is 5.18. The van der Waals surface area contributed by atoms with E-state index in [1.807, 2.05) is 24.3 Å². The molecular formula is C16H14BrF2NS. The molecule has 1 nitrogen and oxygen atoms in total. The summed E-state index contributed by atoms with van der Waals surface area (Å²) < 4.78 is 26.4. The molecule has 1 atom stereocenters. The minimum atomic E-state index is -2.40. The zero-order chi connectivity index (χ0) is 14.8. The lowest BCUT2D eigenvalue weighted by Crippen LogP contribution is -2.08. The van der Waals surface area contributed by atoms with Crippen LogP contribution in [0.15, 0.2) is 51.8 Å². The van der Waals surface area contributed by atoms with Gasteiger partial charge < -0.3 is 5.32 Å². The molecule has 0 spiro atoms. The Morgan fingerprint density at radius 2 is 1.95 bits per heavy atom. The highest BCUT2D eigenvalue weighted by molar-refractivity contribution is 9.10. The molecule has 0 aliphatic heterocycles. The largest absolute Gasteiger partial charge is 0.377 e. The van der Waals surface area contributed by atoms with E-state index in [4.69, 9.17) is 0 Å². The first kappa shape index (κ1) is 14.9. The minimum Gasteiger partial charge on any atom is -0.377 e. The van der Waals surface area contributed by atoms with Gasteiger partial charge in [0.1, 0.15) is 0 Å².